The fraction of sp³-hybridized carbons (Fsp3) is 0.238. The molecule has 3 rings (SSSR count). The zero-order chi connectivity index (χ0) is 21.0. The Morgan fingerprint density at radius 2 is 1.97 bits per heavy atom. The topological polar surface area (TPSA) is 85.0 Å². The molecule has 1 atom stereocenters. The molecule has 1 unspecified atom stereocenters. The van der Waals surface area contributed by atoms with E-state index in [9.17, 15) is 14.9 Å². The maximum Gasteiger partial charge on any atom is 0.338 e. The Bertz CT molecular complexity index is 988. The molecule has 2 aromatic rings. The summed E-state index contributed by atoms with van der Waals surface area (Å²) in [6.45, 7) is 3.81. The molecule has 0 saturated heterocycles. The number of hydrogen-bond acceptors (Lipinski definition) is 7. The van der Waals surface area contributed by atoms with Crippen LogP contribution in [0.25, 0.3) is 0 Å². The highest BCUT2D eigenvalue weighted by Crippen LogP contribution is 2.39. The SMILES string of the molecule is CCOC(=O)C1=C(C)N(c2ccccc2)C(SC)=NC1c1cccc([N+](=O)[O-])c1. The molecule has 0 N–H and O–H groups in total. The van der Waals surface area contributed by atoms with E-state index < -0.39 is 16.9 Å². The van der Waals surface area contributed by atoms with Crippen LogP contribution in [0.5, 0.6) is 0 Å². The lowest BCUT2D eigenvalue weighted by atomic mass is 9.95. The summed E-state index contributed by atoms with van der Waals surface area (Å²) in [7, 11) is 0. The number of nitrogens with zero attached hydrogens (tertiary/aromatic N) is 3. The number of carbonyl (C=O) groups is 1. The molecule has 1 aliphatic rings. The molecular formula is C21H21N3O4S. The Morgan fingerprint density at radius 3 is 2.59 bits per heavy atom. The Labute approximate surface area is 173 Å². The first-order valence-corrected chi connectivity index (χ1v) is 10.3. The maximum atomic E-state index is 12.9. The van der Waals surface area contributed by atoms with Crippen LogP contribution in [-0.4, -0.2) is 28.9 Å². The van der Waals surface area contributed by atoms with Gasteiger partial charge in [0.1, 0.15) is 6.04 Å². The molecule has 0 aliphatic carbocycles. The molecule has 0 amide bonds. The van der Waals surface area contributed by atoms with Crippen LogP contribution in [0.1, 0.15) is 25.5 Å². The third kappa shape index (κ3) is 4.17. The molecular weight excluding hydrogens is 390 g/mol. The van der Waals surface area contributed by atoms with Crippen LogP contribution < -0.4 is 4.90 Å². The number of nitro benzene ring substituents is 1. The van der Waals surface area contributed by atoms with Crippen LogP contribution in [0.3, 0.4) is 0 Å². The van der Waals surface area contributed by atoms with Crippen LogP contribution in [0.2, 0.25) is 0 Å². The average Bonchev–Trinajstić information content (AvgIpc) is 2.73. The minimum atomic E-state index is -0.684. The summed E-state index contributed by atoms with van der Waals surface area (Å²) in [4.78, 5) is 30.3. The number of ether oxygens (including phenoxy) is 1. The molecule has 0 bridgehead atoms. The predicted octanol–water partition coefficient (Wildman–Crippen LogP) is 4.71. The summed E-state index contributed by atoms with van der Waals surface area (Å²) in [6.07, 6.45) is 1.90. The van der Waals surface area contributed by atoms with Gasteiger partial charge in [0.15, 0.2) is 5.17 Å². The van der Waals surface area contributed by atoms with Gasteiger partial charge < -0.3 is 4.74 Å². The molecule has 8 heteroatoms. The first-order valence-electron chi connectivity index (χ1n) is 9.07. The molecule has 29 heavy (non-hydrogen) atoms. The first-order chi connectivity index (χ1) is 14.0. The summed E-state index contributed by atoms with van der Waals surface area (Å²) in [5, 5.41) is 11.9. The van der Waals surface area contributed by atoms with Crippen molar-refractivity contribution < 1.29 is 14.5 Å². The van der Waals surface area contributed by atoms with Crippen molar-refractivity contribution in [1.82, 2.24) is 0 Å². The number of benzene rings is 2. The molecule has 0 saturated carbocycles. The maximum absolute atomic E-state index is 12.9. The second kappa shape index (κ2) is 8.91. The number of hydrogen-bond donors (Lipinski definition) is 0. The Kier molecular flexibility index (Phi) is 6.33. The summed E-state index contributed by atoms with van der Waals surface area (Å²) in [6, 6.07) is 15.1. The van der Waals surface area contributed by atoms with Crippen molar-refractivity contribution in [1.29, 1.82) is 0 Å². The molecule has 1 heterocycles. The van der Waals surface area contributed by atoms with Gasteiger partial charge >= 0.3 is 5.97 Å². The van der Waals surface area contributed by atoms with Crippen molar-refractivity contribution >= 4 is 34.3 Å². The van der Waals surface area contributed by atoms with Gasteiger partial charge in [0.25, 0.3) is 5.69 Å². The van der Waals surface area contributed by atoms with Crippen LogP contribution in [-0.2, 0) is 9.53 Å². The van der Waals surface area contributed by atoms with Gasteiger partial charge in [-0.25, -0.2) is 9.79 Å². The highest BCUT2D eigenvalue weighted by atomic mass is 32.2. The van der Waals surface area contributed by atoms with Gasteiger partial charge in [-0.05, 0) is 37.8 Å². The smallest absolute Gasteiger partial charge is 0.338 e. The summed E-state index contributed by atoms with van der Waals surface area (Å²) in [5.74, 6) is -0.480. The average molecular weight is 411 g/mol. The second-order valence-corrected chi connectivity index (χ2v) is 7.03. The first kappa shape index (κ1) is 20.6. The van der Waals surface area contributed by atoms with Gasteiger partial charge in [-0.15, -0.1) is 0 Å². The van der Waals surface area contributed by atoms with Crippen molar-refractivity contribution in [3.63, 3.8) is 0 Å². The predicted molar refractivity (Wildman–Crippen MR) is 115 cm³/mol. The molecule has 0 aromatic heterocycles. The van der Waals surface area contributed by atoms with Gasteiger partial charge in [0, 0.05) is 23.5 Å². The van der Waals surface area contributed by atoms with E-state index in [0.717, 1.165) is 5.69 Å². The van der Waals surface area contributed by atoms with Crippen molar-refractivity contribution in [2.45, 2.75) is 19.9 Å². The van der Waals surface area contributed by atoms with Crippen LogP contribution in [0, 0.1) is 10.1 Å². The Balaban J connectivity index is 2.18. The lowest BCUT2D eigenvalue weighted by Crippen LogP contribution is -2.35. The van der Waals surface area contributed by atoms with E-state index in [4.69, 9.17) is 9.73 Å². The minimum Gasteiger partial charge on any atom is -0.463 e. The minimum absolute atomic E-state index is 0.0465. The number of anilines is 1. The fourth-order valence-electron chi connectivity index (χ4n) is 3.24. The largest absolute Gasteiger partial charge is 0.463 e. The number of carbonyl (C=O) groups excluding carboxylic acids is 1. The zero-order valence-electron chi connectivity index (χ0n) is 16.4. The van der Waals surface area contributed by atoms with E-state index in [1.807, 2.05) is 48.4 Å². The van der Waals surface area contributed by atoms with E-state index in [-0.39, 0.29) is 12.3 Å². The number of thioether (sulfide) groups is 1. The highest BCUT2D eigenvalue weighted by Gasteiger charge is 2.35. The third-order valence-corrected chi connectivity index (χ3v) is 5.17. The summed E-state index contributed by atoms with van der Waals surface area (Å²) in [5.41, 5.74) is 2.45. The standard InChI is InChI=1S/C21H21N3O4S/c1-4-28-20(25)18-14(2)23(16-10-6-5-7-11-16)21(29-3)22-19(18)15-9-8-12-17(13-15)24(26)27/h5-13,19H,4H2,1-3H3. The number of esters is 1. The number of para-hydroxylation sites is 1. The summed E-state index contributed by atoms with van der Waals surface area (Å²) >= 11 is 1.44. The lowest BCUT2D eigenvalue weighted by molar-refractivity contribution is -0.384. The number of allylic oxidation sites excluding steroid dienone is 1. The monoisotopic (exact) mass is 411 g/mol. The van der Waals surface area contributed by atoms with E-state index in [0.29, 0.717) is 22.0 Å². The molecule has 1 aliphatic heterocycles. The van der Waals surface area contributed by atoms with Crippen LogP contribution in [0.15, 0.2) is 70.9 Å². The molecule has 0 fully saturated rings. The lowest BCUT2D eigenvalue weighted by Gasteiger charge is -2.34. The number of aliphatic imine (C=N–C) groups is 1. The normalized spacial score (nSPS) is 16.4. The zero-order valence-corrected chi connectivity index (χ0v) is 17.2. The van der Waals surface area contributed by atoms with E-state index in [1.54, 1.807) is 19.1 Å². The van der Waals surface area contributed by atoms with Gasteiger partial charge in [0.2, 0.25) is 0 Å². The second-order valence-electron chi connectivity index (χ2n) is 6.26. The van der Waals surface area contributed by atoms with Crippen LogP contribution in [0.4, 0.5) is 11.4 Å². The van der Waals surface area contributed by atoms with Gasteiger partial charge in [-0.3, -0.25) is 15.0 Å². The van der Waals surface area contributed by atoms with E-state index >= 15 is 0 Å². The summed E-state index contributed by atoms with van der Waals surface area (Å²) < 4.78 is 5.30. The fourth-order valence-corrected chi connectivity index (χ4v) is 3.87. The number of rotatable bonds is 5. The molecule has 0 spiro atoms. The third-order valence-electron chi connectivity index (χ3n) is 4.52. The Hall–Kier alpha value is -3.13. The molecule has 150 valence electrons. The van der Waals surface area contributed by atoms with Crippen LogP contribution >= 0.6 is 11.8 Å². The highest BCUT2D eigenvalue weighted by molar-refractivity contribution is 8.13. The number of non-ortho nitro benzene ring substituents is 1. The van der Waals surface area contributed by atoms with Crippen molar-refractivity contribution in [2.75, 3.05) is 17.8 Å². The molecule has 0 radical (unpaired) electrons. The van der Waals surface area contributed by atoms with E-state index in [2.05, 4.69) is 0 Å². The molecule has 7 nitrogen and oxygen atoms in total. The van der Waals surface area contributed by atoms with Gasteiger partial charge in [-0.1, -0.05) is 42.1 Å². The molecule has 2 aromatic carbocycles. The van der Waals surface area contributed by atoms with Crippen molar-refractivity contribution in [3.8, 4) is 0 Å². The van der Waals surface area contributed by atoms with E-state index in [1.165, 1.54) is 23.9 Å². The number of nitro groups is 1. The number of amidine groups is 1. The van der Waals surface area contributed by atoms with Gasteiger partial charge in [-0.2, -0.15) is 0 Å². The van der Waals surface area contributed by atoms with Crippen molar-refractivity contribution in [3.05, 3.63) is 81.5 Å². The quantitative estimate of drug-likeness (QED) is 0.402. The van der Waals surface area contributed by atoms with Crippen molar-refractivity contribution in [2.24, 2.45) is 4.99 Å². The van der Waals surface area contributed by atoms with Gasteiger partial charge in [0.05, 0.1) is 17.1 Å². The Morgan fingerprint density at radius 1 is 1.24 bits per heavy atom.